The number of carboxylic acid groups (broad SMARTS) is 2. The van der Waals surface area contributed by atoms with Crippen LogP contribution in [-0.4, -0.2) is 11.9 Å². The smallest absolute Gasteiger partial charge is 0.0829 e. The maximum atomic E-state index is 9.49. The van der Waals surface area contributed by atoms with E-state index in [1.807, 2.05) is 0 Å². The van der Waals surface area contributed by atoms with Crippen molar-refractivity contribution in [1.82, 2.24) is 0 Å². The molecule has 0 radical (unpaired) electrons. The monoisotopic (exact) mass is 240 g/mol. The molecule has 0 saturated heterocycles. The molecule has 0 saturated carbocycles. The highest BCUT2D eigenvalue weighted by atomic mass is 16.5. The summed E-state index contributed by atoms with van der Waals surface area (Å²) in [6, 6.07) is 0. The quantitative estimate of drug-likeness (QED) is 0.506. The Hall–Kier alpha value is -2.30. The fourth-order valence-electron chi connectivity index (χ4n) is 0.0680. The van der Waals surface area contributed by atoms with E-state index in [1.54, 1.807) is 0 Å². The summed E-state index contributed by atoms with van der Waals surface area (Å²) in [4.78, 5) is 19.0. The van der Waals surface area contributed by atoms with Gasteiger partial charge in [0.05, 0.1) is 24.5 Å². The number of hydrogen-bond acceptors (Lipinski definition) is 5. The molecule has 0 amide bonds. The van der Waals surface area contributed by atoms with Crippen molar-refractivity contribution in [3.8, 4) is 0 Å². The van der Waals surface area contributed by atoms with Crippen molar-refractivity contribution in [2.75, 3.05) is 0 Å². The van der Waals surface area contributed by atoms with Crippen molar-refractivity contribution in [2.24, 2.45) is 0 Å². The van der Waals surface area contributed by atoms with Crippen molar-refractivity contribution in [3.63, 3.8) is 0 Å². The first-order valence-electron chi connectivity index (χ1n) is 4.31. The van der Waals surface area contributed by atoms with Crippen LogP contribution in [0.25, 0.3) is 0 Å². The van der Waals surface area contributed by atoms with Crippen LogP contribution in [-0.2, 0) is 14.3 Å². The third kappa shape index (κ3) is 31.6. The summed E-state index contributed by atoms with van der Waals surface area (Å²) in [5.41, 5.74) is 0.130. The first-order valence-corrected chi connectivity index (χ1v) is 4.31. The fraction of sp³-hybridized carbons (Fsp3) is 0.167. The Balaban J connectivity index is -0.000000174. The van der Waals surface area contributed by atoms with Crippen molar-refractivity contribution in [2.45, 2.75) is 13.8 Å². The van der Waals surface area contributed by atoms with E-state index in [2.05, 4.69) is 31.1 Å². The van der Waals surface area contributed by atoms with Crippen LogP contribution >= 0.6 is 0 Å². The molecule has 0 rings (SSSR count). The highest BCUT2D eigenvalue weighted by Crippen LogP contribution is 1.77. The molecule has 5 heteroatoms. The Morgan fingerprint density at radius 2 is 1.12 bits per heavy atom. The Kier molecular flexibility index (Phi) is 16.2. The molecule has 17 heavy (non-hydrogen) atoms. The van der Waals surface area contributed by atoms with Gasteiger partial charge in [0.2, 0.25) is 0 Å². The van der Waals surface area contributed by atoms with Gasteiger partial charge in [-0.05, 0) is 25.0 Å². The summed E-state index contributed by atoms with van der Waals surface area (Å²) in [7, 11) is 0. The molecule has 0 spiro atoms. The Morgan fingerprint density at radius 3 is 1.12 bits per heavy atom. The van der Waals surface area contributed by atoms with E-state index < -0.39 is 11.9 Å². The van der Waals surface area contributed by atoms with Gasteiger partial charge in [0.1, 0.15) is 0 Å². The molecule has 0 aromatic carbocycles. The van der Waals surface area contributed by atoms with Gasteiger partial charge in [-0.25, -0.2) is 0 Å². The number of rotatable bonds is 4. The van der Waals surface area contributed by atoms with Gasteiger partial charge in [-0.1, -0.05) is 26.3 Å². The van der Waals surface area contributed by atoms with Gasteiger partial charge in [0.25, 0.3) is 0 Å². The third-order valence-corrected chi connectivity index (χ3v) is 0.889. The summed E-state index contributed by atoms with van der Waals surface area (Å²) in [6.45, 7) is 15.5. The van der Waals surface area contributed by atoms with Gasteiger partial charge in [-0.2, -0.15) is 0 Å². The summed E-state index contributed by atoms with van der Waals surface area (Å²) in [5.74, 6) is -2.37. The van der Waals surface area contributed by atoms with E-state index in [0.29, 0.717) is 0 Å². The predicted molar refractivity (Wildman–Crippen MR) is 61.1 cm³/mol. The molecule has 0 unspecified atom stereocenters. The summed E-state index contributed by atoms with van der Waals surface area (Å²) in [5, 5.41) is 19.0. The zero-order valence-corrected chi connectivity index (χ0v) is 10.0. The maximum absolute atomic E-state index is 9.49. The molecule has 96 valence electrons. The highest BCUT2D eigenvalue weighted by molar-refractivity contribution is 5.83. The van der Waals surface area contributed by atoms with Gasteiger partial charge in [-0.3, -0.25) is 0 Å². The number of ether oxygens (including phenoxy) is 1. The van der Waals surface area contributed by atoms with Crippen LogP contribution in [0.1, 0.15) is 13.8 Å². The molecule has 0 bridgehead atoms. The van der Waals surface area contributed by atoms with E-state index in [4.69, 9.17) is 0 Å². The largest absolute Gasteiger partial charge is 0.545 e. The Bertz CT molecular complexity index is 248. The summed E-state index contributed by atoms with van der Waals surface area (Å²) >= 11 is 0. The molecule has 0 N–H and O–H groups in total. The standard InChI is InChI=1S/2C4H6O2.C4H6O/c2*1-3(2)4(5)6;1-3-5-4-2/h2*1H2,2H3,(H,5,6);3-4H,1-2H2/p-2. The topological polar surface area (TPSA) is 89.5 Å². The molecule has 0 heterocycles. The van der Waals surface area contributed by atoms with Crippen LogP contribution in [0.4, 0.5) is 0 Å². The number of carboxylic acids is 2. The van der Waals surface area contributed by atoms with Crippen LogP contribution < -0.4 is 10.2 Å². The Morgan fingerprint density at radius 1 is 0.941 bits per heavy atom. The Labute approximate surface area is 101 Å². The van der Waals surface area contributed by atoms with Crippen LogP contribution in [0, 0.1) is 0 Å². The minimum Gasteiger partial charge on any atom is -0.545 e. The van der Waals surface area contributed by atoms with Crippen molar-refractivity contribution < 1.29 is 24.5 Å². The lowest BCUT2D eigenvalue weighted by Crippen LogP contribution is -2.22. The van der Waals surface area contributed by atoms with Crippen LogP contribution in [0.5, 0.6) is 0 Å². The number of hydrogen-bond donors (Lipinski definition) is 0. The number of carbonyl (C=O) groups excluding carboxylic acids is 2. The van der Waals surface area contributed by atoms with Crippen LogP contribution in [0.15, 0.2) is 50.0 Å². The van der Waals surface area contributed by atoms with E-state index in [-0.39, 0.29) is 11.1 Å². The third-order valence-electron chi connectivity index (χ3n) is 0.889. The molecular formula is C12H16O5-2. The van der Waals surface area contributed by atoms with Crippen molar-refractivity contribution in [1.29, 1.82) is 0 Å². The van der Waals surface area contributed by atoms with Crippen LogP contribution in [0.3, 0.4) is 0 Å². The number of carbonyl (C=O) groups is 2. The molecular weight excluding hydrogens is 224 g/mol. The van der Waals surface area contributed by atoms with E-state index in [9.17, 15) is 19.8 Å². The van der Waals surface area contributed by atoms with Gasteiger partial charge >= 0.3 is 0 Å². The lowest BCUT2D eigenvalue weighted by Gasteiger charge is -1.93. The predicted octanol–water partition coefficient (Wildman–Crippen LogP) is -0.0852. The molecule has 0 aliphatic heterocycles. The minimum atomic E-state index is -1.19. The van der Waals surface area contributed by atoms with E-state index in [0.717, 1.165) is 0 Å². The first kappa shape index (κ1) is 20.2. The second-order valence-electron chi connectivity index (χ2n) is 2.60. The first-order chi connectivity index (χ1) is 7.70. The molecule has 0 aliphatic rings. The average molecular weight is 240 g/mol. The van der Waals surface area contributed by atoms with Crippen molar-refractivity contribution in [3.05, 3.63) is 50.0 Å². The molecule has 0 aliphatic carbocycles. The molecule has 0 fully saturated rings. The van der Waals surface area contributed by atoms with Crippen LogP contribution in [0.2, 0.25) is 0 Å². The fourth-order valence-corrected chi connectivity index (χ4v) is 0.0680. The molecule has 5 nitrogen and oxygen atoms in total. The lowest BCUT2D eigenvalue weighted by atomic mass is 10.4. The minimum absolute atomic E-state index is 0.0648. The van der Waals surface area contributed by atoms with Crippen molar-refractivity contribution >= 4 is 11.9 Å². The number of aliphatic carboxylic acids is 2. The highest BCUT2D eigenvalue weighted by Gasteiger charge is 1.76. The zero-order chi connectivity index (χ0) is 14.4. The van der Waals surface area contributed by atoms with E-state index >= 15 is 0 Å². The lowest BCUT2D eigenvalue weighted by molar-refractivity contribution is -0.300. The normalized spacial score (nSPS) is 6.94. The van der Waals surface area contributed by atoms with E-state index in [1.165, 1.54) is 26.4 Å². The molecule has 0 aromatic heterocycles. The maximum Gasteiger partial charge on any atom is 0.0829 e. The summed E-state index contributed by atoms with van der Waals surface area (Å²) < 4.78 is 4.36. The van der Waals surface area contributed by atoms with Gasteiger partial charge in [0.15, 0.2) is 0 Å². The van der Waals surface area contributed by atoms with Gasteiger partial charge < -0.3 is 24.5 Å². The van der Waals surface area contributed by atoms with Gasteiger partial charge in [0, 0.05) is 0 Å². The molecule has 0 atom stereocenters. The second kappa shape index (κ2) is 13.7. The molecule has 0 aromatic rings. The average Bonchev–Trinajstić information content (AvgIpc) is 2.20. The SMILES string of the molecule is C=C(C)C(=O)[O-].C=C(C)C(=O)[O-].C=COC=C. The van der Waals surface area contributed by atoms with Gasteiger partial charge in [-0.15, -0.1) is 0 Å². The summed E-state index contributed by atoms with van der Waals surface area (Å²) in [6.07, 6.45) is 2.62. The second-order valence-corrected chi connectivity index (χ2v) is 2.60. The zero-order valence-electron chi connectivity index (χ0n) is 10.0.